The standard InChI is InChI=1S/C16H13BrFNS/c1-19-15(13-9-11(17)5-6-14(13)18)12-4-2-3-10-7-8-20-16(10)12/h2-9,15,19H,1H3. The number of halogens is 2. The molecule has 1 aromatic heterocycles. The van der Waals surface area contributed by atoms with Gasteiger partial charge >= 0.3 is 0 Å². The van der Waals surface area contributed by atoms with E-state index >= 15 is 0 Å². The van der Waals surface area contributed by atoms with Crippen molar-refractivity contribution in [2.45, 2.75) is 6.04 Å². The fraction of sp³-hybridized carbons (Fsp3) is 0.125. The second-order valence-corrected chi connectivity index (χ2v) is 6.41. The molecule has 1 N–H and O–H groups in total. The van der Waals surface area contributed by atoms with Gasteiger partial charge in [0.25, 0.3) is 0 Å². The van der Waals surface area contributed by atoms with Gasteiger partial charge < -0.3 is 5.32 Å². The summed E-state index contributed by atoms with van der Waals surface area (Å²) in [5.74, 6) is -0.193. The Morgan fingerprint density at radius 3 is 2.80 bits per heavy atom. The van der Waals surface area contributed by atoms with Gasteiger partial charge in [-0.2, -0.15) is 0 Å². The summed E-state index contributed by atoms with van der Waals surface area (Å²) in [7, 11) is 1.86. The van der Waals surface area contributed by atoms with E-state index in [4.69, 9.17) is 0 Å². The van der Waals surface area contributed by atoms with E-state index < -0.39 is 0 Å². The highest BCUT2D eigenvalue weighted by Crippen LogP contribution is 2.34. The molecule has 1 nitrogen and oxygen atoms in total. The molecule has 3 rings (SSSR count). The van der Waals surface area contributed by atoms with E-state index in [0.29, 0.717) is 5.56 Å². The van der Waals surface area contributed by atoms with Gasteiger partial charge in [0.1, 0.15) is 5.82 Å². The molecule has 1 unspecified atom stereocenters. The summed E-state index contributed by atoms with van der Waals surface area (Å²) in [6.07, 6.45) is 0. The van der Waals surface area contributed by atoms with Crippen LogP contribution in [0.4, 0.5) is 4.39 Å². The quantitative estimate of drug-likeness (QED) is 0.692. The minimum Gasteiger partial charge on any atom is -0.309 e. The Balaban J connectivity index is 2.19. The van der Waals surface area contributed by atoms with Crippen LogP contribution in [0, 0.1) is 5.82 Å². The van der Waals surface area contributed by atoms with E-state index in [-0.39, 0.29) is 11.9 Å². The number of hydrogen-bond acceptors (Lipinski definition) is 2. The van der Waals surface area contributed by atoms with Crippen LogP contribution in [0.3, 0.4) is 0 Å². The van der Waals surface area contributed by atoms with Crippen LogP contribution in [-0.4, -0.2) is 7.05 Å². The van der Waals surface area contributed by atoms with Gasteiger partial charge in [-0.25, -0.2) is 4.39 Å². The van der Waals surface area contributed by atoms with E-state index in [1.165, 1.54) is 16.2 Å². The minimum atomic E-state index is -0.193. The van der Waals surface area contributed by atoms with Gasteiger partial charge in [-0.3, -0.25) is 0 Å². The van der Waals surface area contributed by atoms with Gasteiger partial charge in [-0.1, -0.05) is 34.1 Å². The molecular formula is C16H13BrFNS. The molecule has 0 amide bonds. The minimum absolute atomic E-state index is 0.158. The lowest BCUT2D eigenvalue weighted by atomic mass is 9.97. The van der Waals surface area contributed by atoms with Crippen molar-refractivity contribution in [3.63, 3.8) is 0 Å². The molecule has 1 atom stereocenters. The summed E-state index contributed by atoms with van der Waals surface area (Å²) in [5.41, 5.74) is 1.76. The normalized spacial score (nSPS) is 12.8. The van der Waals surface area contributed by atoms with Crippen molar-refractivity contribution < 1.29 is 4.39 Å². The van der Waals surface area contributed by atoms with Crippen LogP contribution in [0.1, 0.15) is 17.2 Å². The fourth-order valence-corrected chi connectivity index (χ4v) is 3.78. The first-order chi connectivity index (χ1) is 9.70. The van der Waals surface area contributed by atoms with Crippen LogP contribution >= 0.6 is 27.3 Å². The average Bonchev–Trinajstić information content (AvgIpc) is 2.92. The number of fused-ring (bicyclic) bond motifs is 1. The second kappa shape index (κ2) is 5.64. The number of thiophene rings is 1. The Bertz CT molecular complexity index is 753. The number of nitrogens with one attached hydrogen (secondary N) is 1. The summed E-state index contributed by atoms with van der Waals surface area (Å²) < 4.78 is 16.2. The molecule has 3 aromatic rings. The molecule has 0 saturated heterocycles. The molecule has 0 radical (unpaired) electrons. The van der Waals surface area contributed by atoms with E-state index in [9.17, 15) is 4.39 Å². The van der Waals surface area contributed by atoms with Crippen molar-refractivity contribution in [2.75, 3.05) is 7.05 Å². The lowest BCUT2D eigenvalue weighted by Gasteiger charge is -2.19. The zero-order valence-corrected chi connectivity index (χ0v) is 13.3. The van der Waals surface area contributed by atoms with Crippen LogP contribution in [0.25, 0.3) is 10.1 Å². The van der Waals surface area contributed by atoms with Crippen LogP contribution in [0.2, 0.25) is 0 Å². The Labute approximate surface area is 129 Å². The third-order valence-corrected chi connectivity index (χ3v) is 4.85. The lowest BCUT2D eigenvalue weighted by molar-refractivity contribution is 0.577. The SMILES string of the molecule is CNC(c1cc(Br)ccc1F)c1cccc2ccsc12. The lowest BCUT2D eigenvalue weighted by Crippen LogP contribution is -2.19. The Kier molecular flexibility index (Phi) is 3.87. The van der Waals surface area contributed by atoms with Crippen molar-refractivity contribution in [3.8, 4) is 0 Å². The molecule has 0 saturated carbocycles. The first-order valence-corrected chi connectivity index (χ1v) is 7.96. The summed E-state index contributed by atoms with van der Waals surface area (Å²) in [4.78, 5) is 0. The van der Waals surface area contributed by atoms with Gasteiger partial charge in [0.2, 0.25) is 0 Å². The molecule has 0 spiro atoms. The third-order valence-electron chi connectivity index (χ3n) is 3.38. The predicted molar refractivity (Wildman–Crippen MR) is 86.8 cm³/mol. The highest BCUT2D eigenvalue weighted by atomic mass is 79.9. The van der Waals surface area contributed by atoms with Crippen molar-refractivity contribution in [3.05, 3.63) is 69.3 Å². The topological polar surface area (TPSA) is 12.0 Å². The molecule has 2 aromatic carbocycles. The summed E-state index contributed by atoms with van der Waals surface area (Å²) in [6.45, 7) is 0. The first kappa shape index (κ1) is 13.7. The highest BCUT2D eigenvalue weighted by Gasteiger charge is 2.19. The zero-order chi connectivity index (χ0) is 14.1. The molecule has 0 aliphatic carbocycles. The van der Waals surface area contributed by atoms with E-state index in [1.807, 2.05) is 19.2 Å². The molecule has 102 valence electrons. The number of benzene rings is 2. The maximum absolute atomic E-state index is 14.2. The third kappa shape index (κ3) is 2.39. The summed E-state index contributed by atoms with van der Waals surface area (Å²) >= 11 is 5.10. The van der Waals surface area contributed by atoms with E-state index in [0.717, 1.165) is 10.0 Å². The van der Waals surface area contributed by atoms with E-state index in [2.05, 4.69) is 44.8 Å². The Hall–Kier alpha value is -1.23. The maximum atomic E-state index is 14.2. The summed E-state index contributed by atoms with van der Waals surface area (Å²) in [6, 6.07) is 13.1. The number of hydrogen-bond donors (Lipinski definition) is 1. The van der Waals surface area contributed by atoms with Gasteiger partial charge in [0.15, 0.2) is 0 Å². The highest BCUT2D eigenvalue weighted by molar-refractivity contribution is 9.10. The van der Waals surface area contributed by atoms with Crippen LogP contribution in [0.5, 0.6) is 0 Å². The molecule has 4 heteroatoms. The van der Waals surface area contributed by atoms with Crippen molar-refractivity contribution in [1.82, 2.24) is 5.32 Å². The van der Waals surface area contributed by atoms with Gasteiger partial charge in [-0.15, -0.1) is 11.3 Å². The van der Waals surface area contributed by atoms with E-state index in [1.54, 1.807) is 17.4 Å². The molecule has 1 heterocycles. The first-order valence-electron chi connectivity index (χ1n) is 6.29. The monoisotopic (exact) mass is 349 g/mol. The van der Waals surface area contributed by atoms with Crippen LogP contribution in [-0.2, 0) is 0 Å². The summed E-state index contributed by atoms with van der Waals surface area (Å²) in [5, 5.41) is 6.50. The molecule has 0 bridgehead atoms. The van der Waals surface area contributed by atoms with Crippen LogP contribution < -0.4 is 5.32 Å². The molecular weight excluding hydrogens is 337 g/mol. The van der Waals surface area contributed by atoms with Gasteiger partial charge in [0, 0.05) is 14.7 Å². The molecule has 0 aliphatic heterocycles. The Morgan fingerprint density at radius 1 is 1.15 bits per heavy atom. The average molecular weight is 350 g/mol. The molecule has 0 fully saturated rings. The number of rotatable bonds is 3. The van der Waals surface area contributed by atoms with Crippen molar-refractivity contribution in [1.29, 1.82) is 0 Å². The van der Waals surface area contributed by atoms with Crippen LogP contribution in [0.15, 0.2) is 52.3 Å². The fourth-order valence-electron chi connectivity index (χ4n) is 2.46. The molecule has 0 aliphatic rings. The van der Waals surface area contributed by atoms with Crippen molar-refractivity contribution >= 4 is 37.4 Å². The maximum Gasteiger partial charge on any atom is 0.128 e. The zero-order valence-electron chi connectivity index (χ0n) is 10.9. The largest absolute Gasteiger partial charge is 0.309 e. The second-order valence-electron chi connectivity index (χ2n) is 4.57. The van der Waals surface area contributed by atoms with Crippen molar-refractivity contribution in [2.24, 2.45) is 0 Å². The molecule has 20 heavy (non-hydrogen) atoms. The predicted octanol–water partition coefficient (Wildman–Crippen LogP) is 5.11. The smallest absolute Gasteiger partial charge is 0.128 e. The van der Waals surface area contributed by atoms with Gasteiger partial charge in [-0.05, 0) is 47.6 Å². The van der Waals surface area contributed by atoms with Gasteiger partial charge in [0.05, 0.1) is 6.04 Å². The Morgan fingerprint density at radius 2 is 2.00 bits per heavy atom.